The Morgan fingerprint density at radius 3 is 1.55 bits per heavy atom. The van der Waals surface area contributed by atoms with Gasteiger partial charge in [0.1, 0.15) is 0 Å². The fourth-order valence-electron chi connectivity index (χ4n) is 0.453. The van der Waals surface area contributed by atoms with Crippen LogP contribution in [0.1, 0.15) is 20.8 Å². The van der Waals surface area contributed by atoms with E-state index in [1.54, 1.807) is 0 Å². The van der Waals surface area contributed by atoms with Gasteiger partial charge in [-0.2, -0.15) is 8.78 Å². The molecule has 0 radical (unpaired) electrons. The number of alkyl halides is 4. The van der Waals surface area contributed by atoms with Crippen molar-refractivity contribution in [2.75, 3.05) is 0 Å². The largest absolute Gasteiger partial charge is 0.416 e. The Hall–Kier alpha value is -0.320. The number of hydrogen-bond donors (Lipinski definition) is 0. The van der Waals surface area contributed by atoms with Gasteiger partial charge in [-0.1, -0.05) is 0 Å². The van der Waals surface area contributed by atoms with Gasteiger partial charge in [0.15, 0.2) is 0 Å². The van der Waals surface area contributed by atoms with Gasteiger partial charge in [0, 0.05) is 0 Å². The maximum absolute atomic E-state index is 12.1. The first-order valence-corrected chi connectivity index (χ1v) is 3.01. The van der Waals surface area contributed by atoms with Crippen LogP contribution in [0.3, 0.4) is 0 Å². The van der Waals surface area contributed by atoms with Crippen LogP contribution in [0.4, 0.5) is 17.6 Å². The van der Waals surface area contributed by atoms with E-state index < -0.39 is 18.1 Å². The third kappa shape index (κ3) is 4.19. The Labute approximate surface area is 62.3 Å². The Bertz CT molecular complexity index is 127. The summed E-state index contributed by atoms with van der Waals surface area (Å²) in [6, 6.07) is 0. The zero-order chi connectivity index (χ0) is 9.28. The molecule has 0 aromatic carbocycles. The second-order valence-corrected chi connectivity index (χ2v) is 3.08. The predicted molar refractivity (Wildman–Crippen MR) is 31.8 cm³/mol. The topological polar surface area (TPSA) is 9.23 Å². The van der Waals surface area contributed by atoms with E-state index in [9.17, 15) is 17.6 Å². The number of rotatable bonds is 2. The van der Waals surface area contributed by atoms with E-state index in [0.717, 1.165) is 0 Å². The minimum atomic E-state index is -4.35. The van der Waals surface area contributed by atoms with E-state index in [2.05, 4.69) is 4.74 Å². The van der Waals surface area contributed by atoms with Crippen LogP contribution in [0.15, 0.2) is 0 Å². The summed E-state index contributed by atoms with van der Waals surface area (Å²) in [5.74, 6) is 0. The van der Waals surface area contributed by atoms with E-state index in [0.29, 0.717) is 0 Å². The minimum Gasteiger partial charge on any atom is -0.310 e. The molecule has 0 N–H and O–H groups in total. The van der Waals surface area contributed by atoms with Crippen LogP contribution in [0.25, 0.3) is 0 Å². The van der Waals surface area contributed by atoms with E-state index in [1.807, 2.05) is 0 Å². The van der Waals surface area contributed by atoms with E-state index in [-0.39, 0.29) is 0 Å². The zero-order valence-electron chi connectivity index (χ0n) is 6.50. The highest BCUT2D eigenvalue weighted by Gasteiger charge is 2.45. The standard InChI is InChI=1S/C6H10F4O/c1-5(2,3)11-6(9,10)4(7)8/h4H,1-3H3. The average Bonchev–Trinajstić information content (AvgIpc) is 1.56. The maximum atomic E-state index is 12.1. The molecular weight excluding hydrogens is 164 g/mol. The van der Waals surface area contributed by atoms with E-state index in [4.69, 9.17) is 0 Å². The molecule has 0 aliphatic carbocycles. The van der Waals surface area contributed by atoms with Crippen LogP contribution < -0.4 is 0 Å². The fourth-order valence-corrected chi connectivity index (χ4v) is 0.453. The summed E-state index contributed by atoms with van der Waals surface area (Å²) >= 11 is 0. The van der Waals surface area contributed by atoms with E-state index in [1.165, 1.54) is 20.8 Å². The second kappa shape index (κ2) is 2.97. The molecule has 0 amide bonds. The summed E-state index contributed by atoms with van der Waals surface area (Å²) in [5, 5.41) is 0. The lowest BCUT2D eigenvalue weighted by Crippen LogP contribution is -2.38. The lowest BCUT2D eigenvalue weighted by atomic mass is 10.2. The van der Waals surface area contributed by atoms with Crippen LogP contribution in [-0.4, -0.2) is 18.1 Å². The van der Waals surface area contributed by atoms with Crippen LogP contribution in [0.5, 0.6) is 0 Å². The van der Waals surface area contributed by atoms with Crippen LogP contribution in [0, 0.1) is 0 Å². The lowest BCUT2D eigenvalue weighted by molar-refractivity contribution is -0.333. The van der Waals surface area contributed by atoms with Crippen LogP contribution in [-0.2, 0) is 4.74 Å². The molecule has 0 rings (SSSR count). The first kappa shape index (κ1) is 10.7. The maximum Gasteiger partial charge on any atom is 0.416 e. The van der Waals surface area contributed by atoms with Crippen molar-refractivity contribution < 1.29 is 22.3 Å². The minimum absolute atomic E-state index is 1.26. The lowest BCUT2D eigenvalue weighted by Gasteiger charge is -2.25. The molecule has 0 unspecified atom stereocenters. The van der Waals surface area contributed by atoms with E-state index >= 15 is 0 Å². The van der Waals surface area contributed by atoms with Gasteiger partial charge in [-0.05, 0) is 20.8 Å². The summed E-state index contributed by atoms with van der Waals surface area (Å²) in [7, 11) is 0. The molecule has 0 saturated carbocycles. The van der Waals surface area contributed by atoms with Crippen molar-refractivity contribution >= 4 is 0 Å². The van der Waals surface area contributed by atoms with Crippen molar-refractivity contribution in [1.29, 1.82) is 0 Å². The first-order valence-electron chi connectivity index (χ1n) is 3.01. The SMILES string of the molecule is CC(C)(C)OC(F)(F)C(F)F. The molecule has 11 heavy (non-hydrogen) atoms. The molecule has 0 aliphatic rings. The average molecular weight is 174 g/mol. The summed E-state index contributed by atoms with van der Waals surface area (Å²) < 4.78 is 50.9. The van der Waals surface area contributed by atoms with Gasteiger partial charge >= 0.3 is 12.5 Å². The molecule has 0 spiro atoms. The molecule has 68 valence electrons. The molecule has 0 aromatic heterocycles. The highest BCUT2D eigenvalue weighted by atomic mass is 19.3. The fraction of sp³-hybridized carbons (Fsp3) is 1.00. The molecule has 0 atom stereocenters. The van der Waals surface area contributed by atoms with Crippen molar-refractivity contribution in [3.05, 3.63) is 0 Å². The smallest absolute Gasteiger partial charge is 0.310 e. The van der Waals surface area contributed by atoms with Crippen molar-refractivity contribution in [2.45, 2.75) is 38.9 Å². The van der Waals surface area contributed by atoms with Gasteiger partial charge < -0.3 is 4.74 Å². The van der Waals surface area contributed by atoms with Crippen LogP contribution in [0.2, 0.25) is 0 Å². The summed E-state index contributed by atoms with van der Waals surface area (Å²) in [5.41, 5.74) is -1.26. The molecule has 1 nitrogen and oxygen atoms in total. The molecule has 0 saturated heterocycles. The summed E-state index contributed by atoms with van der Waals surface area (Å²) in [6.07, 6.45) is -8.13. The quantitative estimate of drug-likeness (QED) is 0.585. The van der Waals surface area contributed by atoms with Gasteiger partial charge in [-0.3, -0.25) is 0 Å². The number of halogens is 4. The Morgan fingerprint density at radius 1 is 1.09 bits per heavy atom. The van der Waals surface area contributed by atoms with Crippen molar-refractivity contribution in [3.63, 3.8) is 0 Å². The Kier molecular flexibility index (Phi) is 2.88. The van der Waals surface area contributed by atoms with Gasteiger partial charge in [0.05, 0.1) is 5.60 Å². The molecule has 0 bridgehead atoms. The molecule has 0 fully saturated rings. The highest BCUT2D eigenvalue weighted by Crippen LogP contribution is 2.29. The van der Waals surface area contributed by atoms with Crippen molar-refractivity contribution in [1.82, 2.24) is 0 Å². The number of ether oxygens (including phenoxy) is 1. The normalized spacial score (nSPS) is 14.2. The third-order valence-electron chi connectivity index (χ3n) is 0.696. The van der Waals surface area contributed by atoms with Gasteiger partial charge in [0.2, 0.25) is 0 Å². The van der Waals surface area contributed by atoms with Gasteiger partial charge in [-0.25, -0.2) is 8.78 Å². The monoisotopic (exact) mass is 174 g/mol. The molecule has 5 heteroatoms. The Balaban J connectivity index is 4.13. The zero-order valence-corrected chi connectivity index (χ0v) is 6.50. The highest BCUT2D eigenvalue weighted by molar-refractivity contribution is 4.65. The number of hydrogen-bond acceptors (Lipinski definition) is 1. The summed E-state index contributed by atoms with van der Waals surface area (Å²) in [6.45, 7) is 3.84. The molecular formula is C6H10F4O. The van der Waals surface area contributed by atoms with Crippen molar-refractivity contribution in [2.24, 2.45) is 0 Å². The third-order valence-corrected chi connectivity index (χ3v) is 0.696. The molecule has 0 aliphatic heterocycles. The van der Waals surface area contributed by atoms with Gasteiger partial charge in [-0.15, -0.1) is 0 Å². The van der Waals surface area contributed by atoms with Crippen LogP contribution >= 0.6 is 0 Å². The molecule has 0 aromatic rings. The Morgan fingerprint density at radius 2 is 1.45 bits per heavy atom. The first-order chi connectivity index (χ1) is 4.65. The van der Waals surface area contributed by atoms with Gasteiger partial charge in [0.25, 0.3) is 0 Å². The summed E-state index contributed by atoms with van der Waals surface area (Å²) in [4.78, 5) is 0. The second-order valence-electron chi connectivity index (χ2n) is 3.08. The predicted octanol–water partition coefficient (Wildman–Crippen LogP) is 2.66. The molecule has 0 heterocycles. The van der Waals surface area contributed by atoms with Crippen molar-refractivity contribution in [3.8, 4) is 0 Å².